The van der Waals surface area contributed by atoms with Crippen molar-refractivity contribution >= 4 is 11.6 Å². The number of hydrogen-bond acceptors (Lipinski definition) is 4. The van der Waals surface area contributed by atoms with Crippen LogP contribution in [0.25, 0.3) is 0 Å². The lowest BCUT2D eigenvalue weighted by atomic mass is 9.78. The number of carbonyl (C=O) groups excluding carboxylic acids is 1. The molecule has 0 aliphatic heterocycles. The van der Waals surface area contributed by atoms with E-state index in [1.807, 2.05) is 6.92 Å². The van der Waals surface area contributed by atoms with Crippen molar-refractivity contribution in [2.24, 2.45) is 5.92 Å². The summed E-state index contributed by atoms with van der Waals surface area (Å²) in [5.41, 5.74) is 0.0926. The predicted molar refractivity (Wildman–Crippen MR) is 92.9 cm³/mol. The van der Waals surface area contributed by atoms with E-state index in [1.165, 1.54) is 0 Å². The Kier molecular flexibility index (Phi) is 6.22. The van der Waals surface area contributed by atoms with Crippen molar-refractivity contribution in [1.82, 2.24) is 0 Å². The largest absolute Gasteiger partial charge is 0.494 e. The van der Waals surface area contributed by atoms with Crippen molar-refractivity contribution in [3.05, 3.63) is 23.8 Å². The Bertz CT molecular complexity index is 624. The molecule has 1 fully saturated rings. The number of nitrogens with one attached hydrogen (secondary N) is 1. The average molecular weight is 330 g/mol. The summed E-state index contributed by atoms with van der Waals surface area (Å²) in [6.07, 6.45) is 4.39. The van der Waals surface area contributed by atoms with Crippen LogP contribution < -0.4 is 10.1 Å². The molecule has 1 saturated carbocycles. The van der Waals surface area contributed by atoms with E-state index in [1.54, 1.807) is 25.3 Å². The van der Waals surface area contributed by atoms with Crippen LogP contribution in [0.15, 0.2) is 18.2 Å². The van der Waals surface area contributed by atoms with Gasteiger partial charge >= 0.3 is 0 Å². The first-order valence-electron chi connectivity index (χ1n) is 8.58. The normalized spacial score (nSPS) is 23.3. The van der Waals surface area contributed by atoms with Gasteiger partial charge in [-0.3, -0.25) is 4.79 Å². The van der Waals surface area contributed by atoms with Gasteiger partial charge in [0, 0.05) is 7.11 Å². The lowest BCUT2D eigenvalue weighted by Gasteiger charge is -2.37. The molecule has 0 heterocycles. The van der Waals surface area contributed by atoms with Crippen molar-refractivity contribution in [2.45, 2.75) is 51.6 Å². The van der Waals surface area contributed by atoms with Crippen LogP contribution in [-0.4, -0.2) is 25.2 Å². The number of benzene rings is 1. The molecule has 1 N–H and O–H groups in total. The summed E-state index contributed by atoms with van der Waals surface area (Å²) in [5, 5.41) is 12.3. The number of nitrogens with zero attached hydrogens (tertiary/aromatic N) is 1. The lowest BCUT2D eigenvalue weighted by Crippen LogP contribution is -2.48. The van der Waals surface area contributed by atoms with E-state index in [2.05, 4.69) is 18.3 Å². The highest BCUT2D eigenvalue weighted by atomic mass is 16.5. The van der Waals surface area contributed by atoms with Gasteiger partial charge < -0.3 is 14.8 Å². The fraction of sp³-hybridized carbons (Fsp3) is 0.579. The Morgan fingerprint density at radius 1 is 1.50 bits per heavy atom. The summed E-state index contributed by atoms with van der Waals surface area (Å²) in [5.74, 6) is 0.916. The standard InChI is InChI=1S/C19H26N2O3/c1-4-10-24-16-7-8-17(15(11-16)13-20)21-18(22)19(23-3)9-5-6-14(2)12-19/h7-8,11,14H,4-6,9-10,12H2,1-3H3,(H,21,22)/t14-,19-/m1/s1. The number of amides is 1. The fourth-order valence-electron chi connectivity index (χ4n) is 3.26. The van der Waals surface area contributed by atoms with E-state index in [9.17, 15) is 10.1 Å². The van der Waals surface area contributed by atoms with Gasteiger partial charge in [0.1, 0.15) is 17.4 Å². The van der Waals surface area contributed by atoms with E-state index in [4.69, 9.17) is 9.47 Å². The van der Waals surface area contributed by atoms with E-state index in [-0.39, 0.29) is 5.91 Å². The quantitative estimate of drug-likeness (QED) is 0.859. The first-order valence-corrected chi connectivity index (χ1v) is 8.58. The van der Waals surface area contributed by atoms with Gasteiger partial charge in [0.05, 0.1) is 17.9 Å². The van der Waals surface area contributed by atoms with Crippen LogP contribution in [0.4, 0.5) is 5.69 Å². The van der Waals surface area contributed by atoms with Crippen molar-refractivity contribution < 1.29 is 14.3 Å². The number of rotatable bonds is 6. The second-order valence-corrected chi connectivity index (χ2v) is 6.52. The highest BCUT2D eigenvalue weighted by molar-refractivity contribution is 5.98. The summed E-state index contributed by atoms with van der Waals surface area (Å²) >= 11 is 0. The molecular formula is C19H26N2O3. The zero-order valence-electron chi connectivity index (χ0n) is 14.7. The molecule has 0 spiro atoms. The maximum atomic E-state index is 12.8. The summed E-state index contributed by atoms with van der Waals surface area (Å²) in [4.78, 5) is 12.8. The van der Waals surface area contributed by atoms with Gasteiger partial charge in [-0.05, 0) is 49.8 Å². The zero-order chi connectivity index (χ0) is 17.6. The minimum absolute atomic E-state index is 0.171. The number of methoxy groups -OCH3 is 1. The van der Waals surface area contributed by atoms with Crippen LogP contribution >= 0.6 is 0 Å². The van der Waals surface area contributed by atoms with Crippen molar-refractivity contribution in [3.8, 4) is 11.8 Å². The molecule has 0 saturated heterocycles. The Morgan fingerprint density at radius 3 is 2.92 bits per heavy atom. The van der Waals surface area contributed by atoms with Crippen molar-refractivity contribution in [3.63, 3.8) is 0 Å². The number of ether oxygens (including phenoxy) is 2. The highest BCUT2D eigenvalue weighted by Crippen LogP contribution is 2.36. The minimum Gasteiger partial charge on any atom is -0.494 e. The van der Waals surface area contributed by atoms with Crippen LogP contribution in [0.2, 0.25) is 0 Å². The van der Waals surface area contributed by atoms with Gasteiger partial charge in [0.25, 0.3) is 5.91 Å². The molecule has 2 rings (SSSR count). The van der Waals surface area contributed by atoms with Gasteiger partial charge in [-0.2, -0.15) is 5.26 Å². The number of carbonyl (C=O) groups is 1. The molecule has 1 aromatic carbocycles. The summed E-state index contributed by atoms with van der Waals surface area (Å²) in [6.45, 7) is 4.76. The van der Waals surface area contributed by atoms with Gasteiger partial charge in [-0.25, -0.2) is 0 Å². The maximum absolute atomic E-state index is 12.8. The summed E-state index contributed by atoms with van der Waals surface area (Å²) in [6, 6.07) is 7.28. The second kappa shape index (κ2) is 8.16. The molecule has 1 aromatic rings. The molecule has 130 valence electrons. The fourth-order valence-corrected chi connectivity index (χ4v) is 3.26. The smallest absolute Gasteiger partial charge is 0.256 e. The average Bonchev–Trinajstić information content (AvgIpc) is 2.60. The van der Waals surface area contributed by atoms with Crippen LogP contribution in [-0.2, 0) is 9.53 Å². The first-order chi connectivity index (χ1) is 11.5. The molecule has 24 heavy (non-hydrogen) atoms. The number of hydrogen-bond donors (Lipinski definition) is 1. The molecule has 5 heteroatoms. The minimum atomic E-state index is -0.804. The zero-order valence-corrected chi connectivity index (χ0v) is 14.7. The van der Waals surface area contributed by atoms with E-state index >= 15 is 0 Å². The van der Waals surface area contributed by atoms with Crippen LogP contribution in [0.3, 0.4) is 0 Å². The van der Waals surface area contributed by atoms with Crippen LogP contribution in [0.5, 0.6) is 5.75 Å². The maximum Gasteiger partial charge on any atom is 0.256 e. The number of anilines is 1. The van der Waals surface area contributed by atoms with E-state index < -0.39 is 5.60 Å². The SMILES string of the molecule is CCCOc1ccc(NC(=O)[C@@]2(OC)CCC[C@@H](C)C2)c(C#N)c1. The Labute approximate surface area is 144 Å². The summed E-state index contributed by atoms with van der Waals surface area (Å²) < 4.78 is 11.2. The third-order valence-corrected chi connectivity index (χ3v) is 4.59. The molecule has 0 unspecified atom stereocenters. The van der Waals surface area contributed by atoms with Gasteiger partial charge in [0.15, 0.2) is 0 Å². The Hall–Kier alpha value is -2.06. The molecule has 0 aromatic heterocycles. The van der Waals surface area contributed by atoms with Gasteiger partial charge in [-0.15, -0.1) is 0 Å². The van der Waals surface area contributed by atoms with Crippen LogP contribution in [0, 0.1) is 17.2 Å². The molecular weight excluding hydrogens is 304 g/mol. The topological polar surface area (TPSA) is 71.3 Å². The molecule has 0 radical (unpaired) electrons. The van der Waals surface area contributed by atoms with E-state index in [0.29, 0.717) is 42.4 Å². The highest BCUT2D eigenvalue weighted by Gasteiger charge is 2.42. The monoisotopic (exact) mass is 330 g/mol. The van der Waals surface area contributed by atoms with Crippen molar-refractivity contribution in [2.75, 3.05) is 19.0 Å². The molecule has 5 nitrogen and oxygen atoms in total. The summed E-state index contributed by atoms with van der Waals surface area (Å²) in [7, 11) is 1.59. The predicted octanol–water partition coefficient (Wildman–Crippen LogP) is 3.88. The van der Waals surface area contributed by atoms with E-state index in [0.717, 1.165) is 19.3 Å². The lowest BCUT2D eigenvalue weighted by molar-refractivity contribution is -0.143. The molecule has 0 bridgehead atoms. The van der Waals surface area contributed by atoms with Crippen molar-refractivity contribution in [1.29, 1.82) is 5.26 Å². The Morgan fingerprint density at radius 2 is 2.29 bits per heavy atom. The first kappa shape index (κ1) is 18.3. The number of nitriles is 1. The Balaban J connectivity index is 2.17. The second-order valence-electron chi connectivity index (χ2n) is 6.52. The third kappa shape index (κ3) is 4.07. The molecule has 2 atom stereocenters. The van der Waals surface area contributed by atoms with Crippen LogP contribution in [0.1, 0.15) is 51.5 Å². The third-order valence-electron chi connectivity index (χ3n) is 4.59. The molecule has 1 aliphatic carbocycles. The molecule has 1 amide bonds. The van der Waals surface area contributed by atoms with Gasteiger partial charge in [0.2, 0.25) is 0 Å². The van der Waals surface area contributed by atoms with Gasteiger partial charge in [-0.1, -0.05) is 20.3 Å². The molecule has 1 aliphatic rings.